The van der Waals surface area contributed by atoms with E-state index in [2.05, 4.69) is 5.32 Å². The molecule has 2 aliphatic heterocycles. The maximum Gasteiger partial charge on any atom is 0.327 e. The van der Waals surface area contributed by atoms with Crippen LogP contribution in [0.1, 0.15) is 31.9 Å². The Balaban J connectivity index is 2.10. The highest BCUT2D eigenvalue weighted by Gasteiger charge is 2.67. The molecular weight excluding hydrogens is 344 g/mol. The Morgan fingerprint density at radius 2 is 1.88 bits per heavy atom. The van der Waals surface area contributed by atoms with E-state index in [1.807, 2.05) is 19.1 Å². The minimum atomic E-state index is -1.21. The van der Waals surface area contributed by atoms with Crippen molar-refractivity contribution >= 4 is 29.4 Å². The quantitative estimate of drug-likeness (QED) is 0.652. The van der Waals surface area contributed by atoms with Crippen LogP contribution in [0.2, 0.25) is 5.02 Å². The van der Waals surface area contributed by atoms with Gasteiger partial charge in [0.05, 0.1) is 18.4 Å². The summed E-state index contributed by atoms with van der Waals surface area (Å²) in [5.74, 6) is -2.51. The number of fused-ring (bicyclic) bond motifs is 1. The predicted octanol–water partition coefficient (Wildman–Crippen LogP) is 1.93. The Morgan fingerprint density at radius 3 is 2.44 bits per heavy atom. The molecule has 3 rings (SSSR count). The van der Waals surface area contributed by atoms with Crippen LogP contribution in [0.25, 0.3) is 0 Å². The van der Waals surface area contributed by atoms with Crippen molar-refractivity contribution < 1.29 is 19.1 Å². The summed E-state index contributed by atoms with van der Waals surface area (Å²) in [6.45, 7) is 3.75. The number of ether oxygens (including phenoxy) is 1. The molecule has 0 unspecified atom stereocenters. The van der Waals surface area contributed by atoms with E-state index in [9.17, 15) is 14.4 Å². The van der Waals surface area contributed by atoms with E-state index in [1.165, 1.54) is 7.05 Å². The summed E-state index contributed by atoms with van der Waals surface area (Å²) in [5, 5.41) is 3.85. The molecule has 0 aliphatic carbocycles. The largest absolute Gasteiger partial charge is 0.465 e. The molecule has 1 aromatic carbocycles. The number of amides is 2. The summed E-state index contributed by atoms with van der Waals surface area (Å²) in [5.41, 5.74) is -0.391. The summed E-state index contributed by atoms with van der Waals surface area (Å²) in [7, 11) is 1.47. The van der Waals surface area contributed by atoms with E-state index in [-0.39, 0.29) is 18.4 Å². The molecule has 0 saturated carbocycles. The molecule has 25 heavy (non-hydrogen) atoms. The average molecular weight is 365 g/mol. The summed E-state index contributed by atoms with van der Waals surface area (Å²) in [6.07, 6.45) is 0.351. The van der Waals surface area contributed by atoms with Crippen molar-refractivity contribution in [2.75, 3.05) is 13.7 Å². The van der Waals surface area contributed by atoms with Crippen LogP contribution in [-0.2, 0) is 19.1 Å². The Morgan fingerprint density at radius 1 is 1.24 bits per heavy atom. The molecule has 1 aromatic rings. The van der Waals surface area contributed by atoms with Crippen LogP contribution in [-0.4, -0.2) is 41.9 Å². The van der Waals surface area contributed by atoms with E-state index in [0.717, 1.165) is 10.5 Å². The lowest BCUT2D eigenvalue weighted by Gasteiger charge is -2.31. The van der Waals surface area contributed by atoms with Gasteiger partial charge >= 0.3 is 5.97 Å². The molecule has 0 bridgehead atoms. The summed E-state index contributed by atoms with van der Waals surface area (Å²) in [6, 6.07) is 6.63. The molecule has 2 amide bonds. The Kier molecular flexibility index (Phi) is 4.60. The third kappa shape index (κ3) is 2.55. The van der Waals surface area contributed by atoms with E-state index in [1.54, 1.807) is 19.1 Å². The SMILES string of the molecule is CCOC(=O)[C@@]1(CC)N[C@@H](c2ccc(Cl)cc2)[C@H]2C(=O)N(C)C(=O)[C@@H]21. The topological polar surface area (TPSA) is 75.7 Å². The maximum atomic E-state index is 12.7. The van der Waals surface area contributed by atoms with Crippen LogP contribution in [0, 0.1) is 11.8 Å². The van der Waals surface area contributed by atoms with Gasteiger partial charge in [-0.15, -0.1) is 0 Å². The lowest BCUT2D eigenvalue weighted by molar-refractivity contribution is -0.156. The highest BCUT2D eigenvalue weighted by Crippen LogP contribution is 2.50. The number of rotatable bonds is 4. The monoisotopic (exact) mass is 364 g/mol. The zero-order valence-electron chi connectivity index (χ0n) is 14.4. The normalized spacial score (nSPS) is 31.4. The van der Waals surface area contributed by atoms with Crippen molar-refractivity contribution in [2.45, 2.75) is 31.8 Å². The molecule has 134 valence electrons. The molecule has 2 heterocycles. The maximum absolute atomic E-state index is 12.7. The van der Waals surface area contributed by atoms with Crippen LogP contribution < -0.4 is 5.32 Å². The van der Waals surface area contributed by atoms with Gasteiger partial charge in [-0.25, -0.2) is 0 Å². The minimum Gasteiger partial charge on any atom is -0.465 e. The van der Waals surface area contributed by atoms with Crippen molar-refractivity contribution in [3.63, 3.8) is 0 Å². The van der Waals surface area contributed by atoms with Crippen molar-refractivity contribution in [2.24, 2.45) is 11.8 Å². The predicted molar refractivity (Wildman–Crippen MR) is 91.7 cm³/mol. The Hall–Kier alpha value is -1.92. The zero-order chi connectivity index (χ0) is 18.4. The molecule has 7 heteroatoms. The number of esters is 1. The standard InChI is InChI=1S/C18H21ClN2O4/c1-4-18(17(24)25-5-2)13-12(15(22)21(3)16(13)23)14(20-18)10-6-8-11(19)9-7-10/h6-9,12-14,20H,4-5H2,1-3H3/t12-,13+,14-,18-/m0/s1. The molecule has 0 spiro atoms. The van der Waals surface area contributed by atoms with E-state index in [0.29, 0.717) is 11.4 Å². The second-order valence-corrected chi connectivity index (χ2v) is 6.89. The highest BCUT2D eigenvalue weighted by atomic mass is 35.5. The first-order chi connectivity index (χ1) is 11.9. The summed E-state index contributed by atoms with van der Waals surface area (Å²) < 4.78 is 5.25. The van der Waals surface area contributed by atoms with Crippen LogP contribution in [0.4, 0.5) is 0 Å². The van der Waals surface area contributed by atoms with Crippen molar-refractivity contribution in [1.82, 2.24) is 10.2 Å². The highest BCUT2D eigenvalue weighted by molar-refractivity contribution is 6.30. The van der Waals surface area contributed by atoms with Gasteiger partial charge in [-0.2, -0.15) is 0 Å². The number of nitrogens with one attached hydrogen (secondary N) is 1. The first-order valence-electron chi connectivity index (χ1n) is 8.39. The van der Waals surface area contributed by atoms with Crippen LogP contribution in [0.15, 0.2) is 24.3 Å². The molecule has 0 aromatic heterocycles. The molecule has 2 aliphatic rings. The van der Waals surface area contributed by atoms with Crippen molar-refractivity contribution in [1.29, 1.82) is 0 Å². The van der Waals surface area contributed by atoms with E-state index < -0.39 is 29.4 Å². The number of likely N-dealkylation sites (tertiary alicyclic amines) is 1. The molecule has 6 nitrogen and oxygen atoms in total. The third-order valence-electron chi connectivity index (χ3n) is 5.30. The Labute approximate surface area is 151 Å². The number of halogens is 1. The minimum absolute atomic E-state index is 0.212. The molecule has 4 atom stereocenters. The average Bonchev–Trinajstić information content (AvgIpc) is 3.06. The second kappa shape index (κ2) is 6.42. The fraction of sp³-hybridized carbons (Fsp3) is 0.500. The van der Waals surface area contributed by atoms with Gasteiger partial charge in [-0.3, -0.25) is 24.6 Å². The lowest BCUT2D eigenvalue weighted by atomic mass is 9.78. The van der Waals surface area contributed by atoms with E-state index in [4.69, 9.17) is 16.3 Å². The molecule has 0 radical (unpaired) electrons. The fourth-order valence-corrected chi connectivity index (χ4v) is 4.15. The number of hydrogen-bond acceptors (Lipinski definition) is 5. The van der Waals surface area contributed by atoms with Gasteiger partial charge in [0.2, 0.25) is 11.8 Å². The molecule has 2 saturated heterocycles. The fourth-order valence-electron chi connectivity index (χ4n) is 4.02. The van der Waals surface area contributed by atoms with Gasteiger partial charge in [0.1, 0.15) is 5.54 Å². The first-order valence-corrected chi connectivity index (χ1v) is 8.77. The number of benzene rings is 1. The smallest absolute Gasteiger partial charge is 0.327 e. The van der Waals surface area contributed by atoms with Crippen molar-refractivity contribution in [3.8, 4) is 0 Å². The Bertz CT molecular complexity index is 720. The van der Waals surface area contributed by atoms with Gasteiger partial charge in [0, 0.05) is 18.1 Å². The molecule has 1 N–H and O–H groups in total. The van der Waals surface area contributed by atoms with Crippen LogP contribution in [0.3, 0.4) is 0 Å². The summed E-state index contributed by atoms with van der Waals surface area (Å²) in [4.78, 5) is 39.3. The van der Waals surface area contributed by atoms with Crippen LogP contribution in [0.5, 0.6) is 0 Å². The zero-order valence-corrected chi connectivity index (χ0v) is 15.2. The van der Waals surface area contributed by atoms with Gasteiger partial charge < -0.3 is 4.74 Å². The first kappa shape index (κ1) is 17.9. The number of imide groups is 1. The second-order valence-electron chi connectivity index (χ2n) is 6.46. The molecular formula is C18H21ClN2O4. The van der Waals surface area contributed by atoms with E-state index >= 15 is 0 Å². The third-order valence-corrected chi connectivity index (χ3v) is 5.55. The van der Waals surface area contributed by atoms with Gasteiger partial charge in [-0.05, 0) is 31.0 Å². The molecule has 2 fully saturated rings. The lowest BCUT2D eigenvalue weighted by Crippen LogP contribution is -2.55. The summed E-state index contributed by atoms with van der Waals surface area (Å²) >= 11 is 5.96. The number of nitrogens with zero attached hydrogens (tertiary/aromatic N) is 1. The number of carbonyl (C=O) groups excluding carboxylic acids is 3. The van der Waals surface area contributed by atoms with Crippen molar-refractivity contribution in [3.05, 3.63) is 34.9 Å². The van der Waals surface area contributed by atoms with Gasteiger partial charge in [0.25, 0.3) is 0 Å². The van der Waals surface area contributed by atoms with Crippen LogP contribution >= 0.6 is 11.6 Å². The van der Waals surface area contributed by atoms with Gasteiger partial charge in [0.15, 0.2) is 0 Å². The number of hydrogen-bond donors (Lipinski definition) is 1. The van der Waals surface area contributed by atoms with Gasteiger partial charge in [-0.1, -0.05) is 30.7 Å². The number of carbonyl (C=O) groups is 3.